The summed E-state index contributed by atoms with van der Waals surface area (Å²) in [5, 5.41) is 27.6. The van der Waals surface area contributed by atoms with E-state index in [9.17, 15) is 37.5 Å². The highest BCUT2D eigenvalue weighted by molar-refractivity contribution is 7.12. The first-order chi connectivity index (χ1) is 47.0. The number of alkyl halides is 2. The summed E-state index contributed by atoms with van der Waals surface area (Å²) >= 11 is 1.37. The van der Waals surface area contributed by atoms with Crippen molar-refractivity contribution in [2.75, 3.05) is 24.2 Å². The van der Waals surface area contributed by atoms with Crippen molar-refractivity contribution in [3.63, 3.8) is 0 Å². The molecule has 2 aliphatic rings. The van der Waals surface area contributed by atoms with Crippen molar-refractivity contribution >= 4 is 64.2 Å². The first-order valence-corrected chi connectivity index (χ1v) is 32.9. The molecule has 4 heterocycles. The fourth-order valence-corrected chi connectivity index (χ4v) is 12.7. The van der Waals surface area contributed by atoms with E-state index in [4.69, 9.17) is 33.8 Å². The Hall–Kier alpha value is -11.3. The van der Waals surface area contributed by atoms with Crippen LogP contribution >= 0.6 is 11.3 Å². The number of hydrogen-bond acceptors (Lipinski definition) is 14. The Labute approximate surface area is 569 Å². The standard InChI is InChI=1S/C25H27F2N5O2.C25H29N5O2.C23H22N6O2S/c1-15-4-2-3-5-19(15)24(34)30-14-16-6-8-17(9-7-16)21-20(23(29)33)22(28)32(31-21)18-10-12-25(26,27)13-11-18;1-16-7-3-6-10-20(16)24(31)28-15-17-11-13-18(14-12-17)22-21(25(32)27-2)23(26)30(29-22)19-8-4-5-9-19;1-13-5-3-4-6-17(13)22(31)26-11-15-7-9-16(10-8-15)19-18(21(25)30)20(24)29(28-19)23-27-14(2)12-32-23/h2-9,18H,10-14,28H2,1H3,(H2,29,33)(H,30,34);3,6-7,10-14,19H,4-5,8-9,15,26H2,1-2H3,(H,27,32)(H,28,31);3-10,12H,11,24H2,1-2H3,(H2,25,30)(H,26,31). The van der Waals surface area contributed by atoms with Crippen LogP contribution < -0.4 is 49.9 Å². The lowest BCUT2D eigenvalue weighted by atomic mass is 9.92. The number of benzene rings is 6. The number of anilines is 3. The zero-order valence-electron chi connectivity index (χ0n) is 55.0. The molecule has 0 bridgehead atoms. The molecule has 0 spiro atoms. The molecule has 2 fully saturated rings. The van der Waals surface area contributed by atoms with Gasteiger partial charge in [0, 0.05) is 78.3 Å². The van der Waals surface area contributed by atoms with E-state index in [0.29, 0.717) is 81.0 Å². The number of thiazole rings is 1. The number of carbonyl (C=O) groups is 6. The molecule has 0 aliphatic heterocycles. The van der Waals surface area contributed by atoms with Crippen LogP contribution in [-0.4, -0.2) is 82.7 Å². The van der Waals surface area contributed by atoms with Crippen LogP contribution in [0.15, 0.2) is 151 Å². The Bertz CT molecular complexity index is 4560. The predicted molar refractivity (Wildman–Crippen MR) is 375 cm³/mol. The maximum Gasteiger partial charge on any atom is 0.257 e. The molecule has 14 N–H and O–H groups in total. The molecular formula is C73H78F2N16O6S. The molecule has 0 saturated heterocycles. The average Bonchev–Trinajstić information content (AvgIpc) is 1.64. The quantitative estimate of drug-likeness (QED) is 0.0386. The van der Waals surface area contributed by atoms with E-state index < -0.39 is 17.7 Å². The molecule has 25 heteroatoms. The van der Waals surface area contributed by atoms with Gasteiger partial charge in [-0.15, -0.1) is 11.3 Å². The van der Waals surface area contributed by atoms with Gasteiger partial charge >= 0.3 is 0 Å². The molecule has 0 radical (unpaired) electrons. The number of hydrogen-bond donors (Lipinski definition) is 9. The normalized spacial score (nSPS) is 13.5. The zero-order valence-corrected chi connectivity index (χ0v) is 55.8. The highest BCUT2D eigenvalue weighted by Gasteiger charge is 2.38. The van der Waals surface area contributed by atoms with Gasteiger partial charge in [-0.25, -0.2) is 23.1 Å². The summed E-state index contributed by atoms with van der Waals surface area (Å²) < 4.78 is 31.9. The van der Waals surface area contributed by atoms with Crippen molar-refractivity contribution in [3.8, 4) is 38.9 Å². The lowest BCUT2D eigenvalue weighted by Crippen LogP contribution is -2.27. The number of amides is 6. The Morgan fingerprint density at radius 3 is 1.21 bits per heavy atom. The number of halogens is 2. The van der Waals surface area contributed by atoms with Crippen LogP contribution in [0.4, 0.5) is 26.2 Å². The van der Waals surface area contributed by atoms with E-state index in [-0.39, 0.29) is 84.2 Å². The topological polar surface area (TPSA) is 347 Å². The molecule has 12 rings (SSSR count). The minimum Gasteiger partial charge on any atom is -0.383 e. The van der Waals surface area contributed by atoms with E-state index in [1.165, 1.54) is 20.7 Å². The van der Waals surface area contributed by atoms with E-state index in [1.807, 2.05) is 159 Å². The first-order valence-electron chi connectivity index (χ1n) is 32.1. The maximum absolute atomic E-state index is 13.6. The van der Waals surface area contributed by atoms with Gasteiger partial charge in [-0.05, 0) is 105 Å². The maximum atomic E-state index is 13.6. The molecule has 2 saturated carbocycles. The second-order valence-electron chi connectivity index (χ2n) is 24.3. The van der Waals surface area contributed by atoms with Crippen LogP contribution in [0.3, 0.4) is 0 Å². The summed E-state index contributed by atoms with van der Waals surface area (Å²) in [6, 6.07) is 44.4. The van der Waals surface area contributed by atoms with E-state index in [1.54, 1.807) is 31.3 Å². The Balaban J connectivity index is 0.000000159. The molecule has 0 atom stereocenters. The van der Waals surface area contributed by atoms with Gasteiger partial charge in [0.1, 0.15) is 51.2 Å². The highest BCUT2D eigenvalue weighted by atomic mass is 32.1. The second kappa shape index (κ2) is 30.6. The minimum absolute atomic E-state index is 0.0814. The lowest BCUT2D eigenvalue weighted by molar-refractivity contribution is -0.0448. The highest BCUT2D eigenvalue weighted by Crippen LogP contribution is 2.41. The minimum atomic E-state index is -2.68. The van der Waals surface area contributed by atoms with Gasteiger partial charge in [-0.2, -0.15) is 20.0 Å². The number of aromatic nitrogens is 7. The van der Waals surface area contributed by atoms with Gasteiger partial charge in [0.05, 0.1) is 17.8 Å². The summed E-state index contributed by atoms with van der Waals surface area (Å²) in [6.07, 6.45) is 4.29. The van der Waals surface area contributed by atoms with E-state index in [0.717, 1.165) is 70.3 Å². The zero-order chi connectivity index (χ0) is 69.9. The third kappa shape index (κ3) is 16.0. The van der Waals surface area contributed by atoms with E-state index >= 15 is 0 Å². The number of nitrogens with two attached hydrogens (primary N) is 5. The Morgan fingerprint density at radius 2 is 0.847 bits per heavy atom. The van der Waals surface area contributed by atoms with Gasteiger partial charge in [0.15, 0.2) is 0 Å². The molecule has 2 aliphatic carbocycles. The molecule has 6 amide bonds. The number of carbonyl (C=O) groups excluding carboxylic acids is 6. The van der Waals surface area contributed by atoms with Crippen LogP contribution in [0.5, 0.6) is 0 Å². The third-order valence-electron chi connectivity index (χ3n) is 17.5. The summed E-state index contributed by atoms with van der Waals surface area (Å²) in [4.78, 5) is 78.5. The summed E-state index contributed by atoms with van der Waals surface area (Å²) in [6.45, 7) is 8.67. The second-order valence-corrected chi connectivity index (χ2v) is 25.2. The van der Waals surface area contributed by atoms with Crippen molar-refractivity contribution in [1.29, 1.82) is 0 Å². The molecule has 98 heavy (non-hydrogen) atoms. The molecule has 0 unspecified atom stereocenters. The number of primary amides is 2. The van der Waals surface area contributed by atoms with Crippen LogP contribution in [0, 0.1) is 27.7 Å². The summed E-state index contributed by atoms with van der Waals surface area (Å²) in [7, 11) is 1.60. The number of aryl methyl sites for hydroxylation is 4. The van der Waals surface area contributed by atoms with Gasteiger partial charge in [-0.3, -0.25) is 28.8 Å². The van der Waals surface area contributed by atoms with Crippen molar-refractivity contribution in [3.05, 3.63) is 223 Å². The molecule has 4 aromatic heterocycles. The Morgan fingerprint density at radius 1 is 0.490 bits per heavy atom. The van der Waals surface area contributed by atoms with Gasteiger partial charge in [0.2, 0.25) is 11.1 Å². The average molecular weight is 1350 g/mol. The van der Waals surface area contributed by atoms with Crippen LogP contribution in [0.25, 0.3) is 38.9 Å². The Kier molecular flexibility index (Phi) is 21.7. The SMILES string of the molecule is CNC(=O)c1c(-c2ccc(CNC(=O)c3ccccc3C)cc2)nn(C2CCCC2)c1N.Cc1ccccc1C(=O)NCc1ccc(-c2nn(C3CCC(F)(F)CC3)c(N)c2C(N)=O)cc1.Cc1csc(-n2nc(-c3ccc(CNC(=O)c4ccccc4C)cc3)c(C(N)=O)c2N)n1. The van der Waals surface area contributed by atoms with Crippen molar-refractivity contribution < 1.29 is 37.5 Å². The number of nitrogen functional groups attached to an aromatic ring is 3. The number of nitrogens with one attached hydrogen (secondary N) is 4. The predicted octanol–water partition coefficient (Wildman–Crippen LogP) is 11.3. The fraction of sp³-hybridized carbons (Fsp3) is 0.260. The number of rotatable bonds is 18. The molecule has 10 aromatic rings. The van der Waals surface area contributed by atoms with Gasteiger partial charge in [-0.1, -0.05) is 140 Å². The molecule has 22 nitrogen and oxygen atoms in total. The summed E-state index contributed by atoms with van der Waals surface area (Å²) in [5.41, 5.74) is 42.2. The lowest BCUT2D eigenvalue weighted by Gasteiger charge is -2.28. The number of nitrogens with zero attached hydrogens (tertiary/aromatic N) is 7. The fourth-order valence-electron chi connectivity index (χ4n) is 12.0. The first kappa shape index (κ1) is 69.5. The molecule has 6 aromatic carbocycles. The van der Waals surface area contributed by atoms with Crippen LogP contribution in [-0.2, 0) is 19.6 Å². The van der Waals surface area contributed by atoms with Crippen LogP contribution in [0.1, 0.15) is 165 Å². The summed E-state index contributed by atoms with van der Waals surface area (Å²) in [5.74, 6) is -4.05. The molecule has 506 valence electrons. The monoisotopic (exact) mass is 1340 g/mol. The van der Waals surface area contributed by atoms with Crippen molar-refractivity contribution in [1.82, 2.24) is 55.6 Å². The smallest absolute Gasteiger partial charge is 0.257 e. The van der Waals surface area contributed by atoms with E-state index in [2.05, 4.69) is 36.4 Å². The third-order valence-corrected chi connectivity index (χ3v) is 18.4. The molecular weight excluding hydrogens is 1270 g/mol. The van der Waals surface area contributed by atoms with Crippen LogP contribution in [0.2, 0.25) is 0 Å². The van der Waals surface area contributed by atoms with Crippen molar-refractivity contribution in [2.45, 2.75) is 117 Å². The largest absolute Gasteiger partial charge is 0.383 e. The van der Waals surface area contributed by atoms with Gasteiger partial charge in [0.25, 0.3) is 35.4 Å². The van der Waals surface area contributed by atoms with Crippen molar-refractivity contribution in [2.24, 2.45) is 11.5 Å². The van der Waals surface area contributed by atoms with Gasteiger partial charge < -0.3 is 49.9 Å².